The maximum absolute atomic E-state index is 13.5. The highest BCUT2D eigenvalue weighted by Gasteiger charge is 2.35. The van der Waals surface area contributed by atoms with Crippen LogP contribution >= 0.6 is 11.8 Å². The van der Waals surface area contributed by atoms with Crippen LogP contribution in [0.5, 0.6) is 0 Å². The zero-order valence-corrected chi connectivity index (χ0v) is 16.4. The molecular formula is C22H20F3N3S. The van der Waals surface area contributed by atoms with Crippen molar-refractivity contribution in [1.82, 2.24) is 9.97 Å². The van der Waals surface area contributed by atoms with Crippen LogP contribution in [0.3, 0.4) is 0 Å². The Kier molecular flexibility index (Phi) is 5.76. The smallest absolute Gasteiger partial charge is 0.324 e. The molecule has 1 aromatic heterocycles. The van der Waals surface area contributed by atoms with Crippen molar-refractivity contribution in [2.24, 2.45) is 0 Å². The molecule has 0 spiro atoms. The Morgan fingerprint density at radius 3 is 2.34 bits per heavy atom. The van der Waals surface area contributed by atoms with Crippen molar-refractivity contribution < 1.29 is 13.2 Å². The molecule has 1 heterocycles. The third-order valence-corrected chi connectivity index (χ3v) is 6.03. The molecule has 1 saturated carbocycles. The predicted molar refractivity (Wildman–Crippen MR) is 109 cm³/mol. The van der Waals surface area contributed by atoms with Crippen LogP contribution in [0, 0.1) is 0 Å². The quantitative estimate of drug-likeness (QED) is 0.453. The van der Waals surface area contributed by atoms with Crippen molar-refractivity contribution in [2.75, 3.05) is 5.32 Å². The summed E-state index contributed by atoms with van der Waals surface area (Å²) >= 11 is 0.984. The summed E-state index contributed by atoms with van der Waals surface area (Å²) in [6.45, 7) is 0. The van der Waals surface area contributed by atoms with E-state index in [9.17, 15) is 13.2 Å². The predicted octanol–water partition coefficient (Wildman–Crippen LogP) is 7.05. The maximum Gasteiger partial charge on any atom is 0.420 e. The second-order valence-electron chi connectivity index (χ2n) is 7.02. The summed E-state index contributed by atoms with van der Waals surface area (Å²) in [7, 11) is 0. The molecule has 2 aromatic carbocycles. The minimum Gasteiger partial charge on any atom is -0.324 e. The summed E-state index contributed by atoms with van der Waals surface area (Å²) in [5.74, 6) is 0.633. The van der Waals surface area contributed by atoms with Crippen LogP contribution in [0.2, 0.25) is 0 Å². The van der Waals surface area contributed by atoms with Gasteiger partial charge in [0.1, 0.15) is 10.6 Å². The van der Waals surface area contributed by atoms with Crippen LogP contribution in [0.1, 0.15) is 42.7 Å². The van der Waals surface area contributed by atoms with E-state index in [1.165, 1.54) is 18.4 Å². The summed E-state index contributed by atoms with van der Waals surface area (Å²) in [5.41, 5.74) is 1.20. The molecule has 0 saturated heterocycles. The van der Waals surface area contributed by atoms with Gasteiger partial charge in [-0.15, -0.1) is 0 Å². The lowest BCUT2D eigenvalue weighted by atomic mass is 9.96. The highest BCUT2D eigenvalue weighted by atomic mass is 32.2. The molecule has 3 nitrogen and oxygen atoms in total. The zero-order valence-electron chi connectivity index (χ0n) is 15.6. The number of hydrogen-bond acceptors (Lipinski definition) is 4. The number of hydrogen-bond donors (Lipinski definition) is 1. The van der Waals surface area contributed by atoms with E-state index >= 15 is 0 Å². The molecule has 3 aromatic rings. The number of benzene rings is 2. The minimum absolute atomic E-state index is 0.112. The largest absolute Gasteiger partial charge is 0.420 e. The van der Waals surface area contributed by atoms with Crippen molar-refractivity contribution in [3.05, 3.63) is 71.9 Å². The molecule has 1 N–H and O–H groups in total. The number of aromatic nitrogens is 2. The SMILES string of the molecule is FC(F)(F)c1cnc(Nc2ccccc2C2CCCC2)nc1Sc1ccccc1. The van der Waals surface area contributed by atoms with Gasteiger partial charge in [-0.2, -0.15) is 13.2 Å². The van der Waals surface area contributed by atoms with E-state index < -0.39 is 11.7 Å². The Morgan fingerprint density at radius 2 is 1.62 bits per heavy atom. The number of para-hydroxylation sites is 1. The Bertz CT molecular complexity index is 971. The molecule has 1 aliphatic carbocycles. The maximum atomic E-state index is 13.5. The van der Waals surface area contributed by atoms with Crippen LogP contribution in [0.4, 0.5) is 24.8 Å². The number of rotatable bonds is 5. The Labute approximate surface area is 171 Å². The Hall–Kier alpha value is -2.54. The fourth-order valence-corrected chi connectivity index (χ4v) is 4.55. The van der Waals surface area contributed by atoms with Gasteiger partial charge in [0.2, 0.25) is 5.95 Å². The zero-order chi connectivity index (χ0) is 20.3. The molecule has 150 valence electrons. The van der Waals surface area contributed by atoms with Crippen molar-refractivity contribution in [1.29, 1.82) is 0 Å². The van der Waals surface area contributed by atoms with E-state index in [0.29, 0.717) is 10.8 Å². The van der Waals surface area contributed by atoms with Crippen molar-refractivity contribution in [2.45, 2.75) is 47.7 Å². The highest BCUT2D eigenvalue weighted by molar-refractivity contribution is 7.99. The van der Waals surface area contributed by atoms with Gasteiger partial charge in [-0.3, -0.25) is 0 Å². The first kappa shape index (κ1) is 19.8. The summed E-state index contributed by atoms with van der Waals surface area (Å²) in [6, 6.07) is 16.8. The van der Waals surface area contributed by atoms with Gasteiger partial charge in [0.15, 0.2) is 0 Å². The molecule has 0 atom stereocenters. The molecule has 0 aliphatic heterocycles. The average molecular weight is 415 g/mol. The fourth-order valence-electron chi connectivity index (χ4n) is 3.62. The van der Waals surface area contributed by atoms with Crippen molar-refractivity contribution in [3.8, 4) is 0 Å². The van der Waals surface area contributed by atoms with Crippen molar-refractivity contribution in [3.63, 3.8) is 0 Å². The molecule has 0 amide bonds. The number of nitrogens with one attached hydrogen (secondary N) is 1. The Balaban J connectivity index is 1.66. The van der Waals surface area contributed by atoms with Gasteiger partial charge >= 0.3 is 6.18 Å². The van der Waals surface area contributed by atoms with E-state index in [1.807, 2.05) is 24.3 Å². The number of halogens is 3. The van der Waals surface area contributed by atoms with E-state index in [1.54, 1.807) is 24.3 Å². The van der Waals surface area contributed by atoms with Crippen LogP contribution < -0.4 is 5.32 Å². The third kappa shape index (κ3) is 4.72. The fraction of sp³-hybridized carbons (Fsp3) is 0.273. The molecule has 7 heteroatoms. The van der Waals surface area contributed by atoms with Crippen molar-refractivity contribution >= 4 is 23.4 Å². The number of nitrogens with zero attached hydrogens (tertiary/aromatic N) is 2. The molecule has 1 aliphatic rings. The van der Waals surface area contributed by atoms with E-state index in [2.05, 4.69) is 21.4 Å². The van der Waals surface area contributed by atoms with Gasteiger partial charge < -0.3 is 5.32 Å². The number of alkyl halides is 3. The van der Waals surface area contributed by atoms with E-state index in [-0.39, 0.29) is 11.0 Å². The lowest BCUT2D eigenvalue weighted by Gasteiger charge is -2.17. The molecule has 1 fully saturated rings. The van der Waals surface area contributed by atoms with Crippen LogP contribution in [0.15, 0.2) is 70.7 Å². The monoisotopic (exact) mass is 415 g/mol. The van der Waals surface area contributed by atoms with Gasteiger partial charge in [-0.25, -0.2) is 9.97 Å². The first-order valence-electron chi connectivity index (χ1n) is 9.54. The minimum atomic E-state index is -4.52. The summed E-state index contributed by atoms with van der Waals surface area (Å²) in [6.07, 6.45) is 1.00. The Morgan fingerprint density at radius 1 is 0.931 bits per heavy atom. The van der Waals surface area contributed by atoms with Gasteiger partial charge in [0, 0.05) is 16.8 Å². The average Bonchev–Trinajstić information content (AvgIpc) is 3.23. The van der Waals surface area contributed by atoms with Gasteiger partial charge in [-0.1, -0.05) is 61.0 Å². The first-order chi connectivity index (χ1) is 14.0. The summed E-state index contributed by atoms with van der Waals surface area (Å²) in [5, 5.41) is 3.04. The van der Waals surface area contributed by atoms with E-state index in [4.69, 9.17) is 0 Å². The number of anilines is 2. The highest BCUT2D eigenvalue weighted by Crippen LogP contribution is 2.40. The molecule has 29 heavy (non-hydrogen) atoms. The van der Waals surface area contributed by atoms with Crippen LogP contribution in [-0.4, -0.2) is 9.97 Å². The topological polar surface area (TPSA) is 37.8 Å². The lowest BCUT2D eigenvalue weighted by Crippen LogP contribution is -2.11. The second kappa shape index (κ2) is 8.45. The normalized spacial score (nSPS) is 14.9. The van der Waals surface area contributed by atoms with Crippen LogP contribution in [0.25, 0.3) is 0 Å². The third-order valence-electron chi connectivity index (χ3n) is 5.02. The standard InChI is InChI=1S/C22H20F3N3S/c23-22(24,25)18-14-26-21(28-20(18)29-16-10-2-1-3-11-16)27-19-13-7-6-12-17(19)15-8-4-5-9-15/h1-3,6-7,10-15H,4-5,8-9H2,(H,26,27,28). The van der Waals surface area contributed by atoms with Gasteiger partial charge in [0.25, 0.3) is 0 Å². The van der Waals surface area contributed by atoms with Gasteiger partial charge in [-0.05, 0) is 42.5 Å². The second-order valence-corrected chi connectivity index (χ2v) is 8.08. The summed E-state index contributed by atoms with van der Waals surface area (Å²) in [4.78, 5) is 8.86. The molecule has 4 rings (SSSR count). The summed E-state index contributed by atoms with van der Waals surface area (Å²) < 4.78 is 40.4. The molecule has 0 bridgehead atoms. The molecule has 0 unspecified atom stereocenters. The van der Waals surface area contributed by atoms with Crippen LogP contribution in [-0.2, 0) is 6.18 Å². The molecule has 0 radical (unpaired) electrons. The first-order valence-corrected chi connectivity index (χ1v) is 10.4. The van der Waals surface area contributed by atoms with Gasteiger partial charge in [0.05, 0.1) is 0 Å². The van der Waals surface area contributed by atoms with E-state index in [0.717, 1.165) is 36.5 Å². The lowest BCUT2D eigenvalue weighted by molar-refractivity contribution is -0.140. The molecular weight excluding hydrogens is 395 g/mol.